The SMILES string of the molecule is O=C(C1=C(c2ccccc2)NC(=S)NC1)c1ccccc1. The van der Waals surface area contributed by atoms with Gasteiger partial charge in [0.15, 0.2) is 10.9 Å². The fourth-order valence-corrected chi connectivity index (χ4v) is 2.47. The van der Waals surface area contributed by atoms with E-state index >= 15 is 0 Å². The molecule has 0 saturated carbocycles. The van der Waals surface area contributed by atoms with Crippen molar-refractivity contribution in [2.45, 2.75) is 0 Å². The molecule has 0 saturated heterocycles. The lowest BCUT2D eigenvalue weighted by atomic mass is 9.97. The molecule has 1 aliphatic heterocycles. The van der Waals surface area contributed by atoms with Crippen molar-refractivity contribution in [3.63, 3.8) is 0 Å². The molecule has 2 aromatic carbocycles. The lowest BCUT2D eigenvalue weighted by molar-refractivity contribution is 0.103. The van der Waals surface area contributed by atoms with Crippen molar-refractivity contribution in [3.8, 4) is 0 Å². The lowest BCUT2D eigenvalue weighted by Gasteiger charge is -2.24. The Morgan fingerprint density at radius 2 is 1.57 bits per heavy atom. The Balaban J connectivity index is 2.07. The molecule has 0 unspecified atom stereocenters. The second-order valence-electron chi connectivity index (χ2n) is 4.72. The summed E-state index contributed by atoms with van der Waals surface area (Å²) in [5, 5.41) is 6.68. The molecule has 0 aromatic heterocycles. The molecule has 3 nitrogen and oxygen atoms in total. The minimum atomic E-state index is 0.0111. The van der Waals surface area contributed by atoms with Crippen molar-refractivity contribution >= 4 is 28.8 Å². The van der Waals surface area contributed by atoms with Gasteiger partial charge in [-0.1, -0.05) is 60.7 Å². The number of carbonyl (C=O) groups is 1. The molecule has 0 aliphatic carbocycles. The lowest BCUT2D eigenvalue weighted by Crippen LogP contribution is -2.42. The zero-order valence-corrected chi connectivity index (χ0v) is 12.1. The Bertz CT molecular complexity index is 708. The van der Waals surface area contributed by atoms with E-state index in [1.807, 2.05) is 60.7 Å². The van der Waals surface area contributed by atoms with Crippen molar-refractivity contribution < 1.29 is 4.79 Å². The van der Waals surface area contributed by atoms with Gasteiger partial charge in [-0.3, -0.25) is 4.79 Å². The van der Waals surface area contributed by atoms with Crippen LogP contribution in [0.2, 0.25) is 0 Å². The second-order valence-corrected chi connectivity index (χ2v) is 5.13. The van der Waals surface area contributed by atoms with Gasteiger partial charge in [-0.05, 0) is 17.8 Å². The topological polar surface area (TPSA) is 41.1 Å². The van der Waals surface area contributed by atoms with Gasteiger partial charge in [0, 0.05) is 17.7 Å². The van der Waals surface area contributed by atoms with Crippen LogP contribution >= 0.6 is 12.2 Å². The summed E-state index contributed by atoms with van der Waals surface area (Å²) in [6.45, 7) is 0.434. The summed E-state index contributed by atoms with van der Waals surface area (Å²) in [4.78, 5) is 12.7. The summed E-state index contributed by atoms with van der Waals surface area (Å²) >= 11 is 5.17. The van der Waals surface area contributed by atoms with Crippen LogP contribution in [0.4, 0.5) is 0 Å². The van der Waals surface area contributed by atoms with Gasteiger partial charge in [0.1, 0.15) is 0 Å². The van der Waals surface area contributed by atoms with E-state index in [2.05, 4.69) is 10.6 Å². The zero-order valence-electron chi connectivity index (χ0n) is 11.3. The van der Waals surface area contributed by atoms with Gasteiger partial charge in [0.05, 0.1) is 5.70 Å². The monoisotopic (exact) mass is 294 g/mol. The molecular weight excluding hydrogens is 280 g/mol. The van der Waals surface area contributed by atoms with E-state index in [1.54, 1.807) is 0 Å². The maximum absolute atomic E-state index is 12.7. The average molecular weight is 294 g/mol. The summed E-state index contributed by atoms with van der Waals surface area (Å²) in [6.07, 6.45) is 0. The van der Waals surface area contributed by atoms with Crippen LogP contribution in [0.3, 0.4) is 0 Å². The third-order valence-corrected chi connectivity index (χ3v) is 3.58. The van der Waals surface area contributed by atoms with Gasteiger partial charge < -0.3 is 10.6 Å². The molecule has 1 aliphatic rings. The number of hydrogen-bond donors (Lipinski definition) is 2. The van der Waals surface area contributed by atoms with Crippen molar-refractivity contribution in [2.75, 3.05) is 6.54 Å². The largest absolute Gasteiger partial charge is 0.358 e. The first-order valence-corrected chi connectivity index (χ1v) is 7.09. The summed E-state index contributed by atoms with van der Waals surface area (Å²) in [5.74, 6) is 0.0111. The summed E-state index contributed by atoms with van der Waals surface area (Å²) in [5.41, 5.74) is 3.12. The summed E-state index contributed by atoms with van der Waals surface area (Å²) in [7, 11) is 0. The normalized spacial score (nSPS) is 14.4. The molecule has 3 rings (SSSR count). The van der Waals surface area contributed by atoms with E-state index in [-0.39, 0.29) is 5.78 Å². The van der Waals surface area contributed by atoms with Crippen LogP contribution < -0.4 is 10.6 Å². The average Bonchev–Trinajstić information content (AvgIpc) is 2.56. The highest BCUT2D eigenvalue weighted by Gasteiger charge is 2.22. The van der Waals surface area contributed by atoms with E-state index in [0.717, 1.165) is 11.3 Å². The van der Waals surface area contributed by atoms with Crippen molar-refractivity contribution in [2.24, 2.45) is 0 Å². The van der Waals surface area contributed by atoms with Crippen LogP contribution in [0.1, 0.15) is 15.9 Å². The number of carbonyl (C=O) groups excluding carboxylic acids is 1. The summed E-state index contributed by atoms with van der Waals surface area (Å²) < 4.78 is 0. The number of ketones is 1. The minimum absolute atomic E-state index is 0.0111. The Hall–Kier alpha value is -2.46. The van der Waals surface area contributed by atoms with Gasteiger partial charge in [0.25, 0.3) is 0 Å². The smallest absolute Gasteiger partial charge is 0.192 e. The van der Waals surface area contributed by atoms with E-state index in [9.17, 15) is 4.79 Å². The van der Waals surface area contributed by atoms with Crippen molar-refractivity contribution in [1.29, 1.82) is 0 Å². The molecule has 21 heavy (non-hydrogen) atoms. The molecule has 0 radical (unpaired) electrons. The van der Waals surface area contributed by atoms with Crippen LogP contribution in [-0.4, -0.2) is 17.4 Å². The number of Topliss-reactive ketones (excluding diaryl/α,β-unsaturated/α-hetero) is 1. The standard InChI is InChI=1S/C17H14N2OS/c20-16(13-9-5-2-6-10-13)14-11-18-17(21)19-15(14)12-7-3-1-4-8-12/h1-10H,11H2,(H2,18,19,21). The van der Waals surface area contributed by atoms with Crippen LogP contribution in [0, 0.1) is 0 Å². The van der Waals surface area contributed by atoms with Crippen LogP contribution in [0.25, 0.3) is 5.70 Å². The molecule has 0 bridgehead atoms. The fraction of sp³-hybridized carbons (Fsp3) is 0.0588. The predicted octanol–water partition coefficient (Wildman–Crippen LogP) is 2.76. The molecule has 0 spiro atoms. The van der Waals surface area contributed by atoms with Gasteiger partial charge >= 0.3 is 0 Å². The van der Waals surface area contributed by atoms with Gasteiger partial charge in [-0.25, -0.2) is 0 Å². The molecule has 1 heterocycles. The van der Waals surface area contributed by atoms with Gasteiger partial charge in [-0.15, -0.1) is 0 Å². The molecule has 104 valence electrons. The quantitative estimate of drug-likeness (QED) is 0.674. The zero-order chi connectivity index (χ0) is 14.7. The Morgan fingerprint density at radius 3 is 2.24 bits per heavy atom. The molecule has 2 N–H and O–H groups in total. The van der Waals surface area contributed by atoms with E-state index < -0.39 is 0 Å². The molecular formula is C17H14N2OS. The highest BCUT2D eigenvalue weighted by atomic mass is 32.1. The van der Waals surface area contributed by atoms with Gasteiger partial charge in [-0.2, -0.15) is 0 Å². The highest BCUT2D eigenvalue weighted by Crippen LogP contribution is 2.21. The first-order chi connectivity index (χ1) is 10.3. The van der Waals surface area contributed by atoms with E-state index in [4.69, 9.17) is 12.2 Å². The van der Waals surface area contributed by atoms with Crippen LogP contribution in [-0.2, 0) is 0 Å². The maximum Gasteiger partial charge on any atom is 0.192 e. The Labute approximate surface area is 128 Å². The number of rotatable bonds is 3. The van der Waals surface area contributed by atoms with Crippen molar-refractivity contribution in [1.82, 2.24) is 10.6 Å². The number of nitrogens with one attached hydrogen (secondary N) is 2. The Kier molecular flexibility index (Phi) is 3.79. The van der Waals surface area contributed by atoms with Gasteiger partial charge in [0.2, 0.25) is 0 Å². The molecule has 2 aromatic rings. The fourth-order valence-electron chi connectivity index (χ4n) is 2.30. The predicted molar refractivity (Wildman–Crippen MR) is 87.9 cm³/mol. The minimum Gasteiger partial charge on any atom is -0.358 e. The van der Waals surface area contributed by atoms with Crippen LogP contribution in [0.15, 0.2) is 66.2 Å². The molecule has 0 atom stereocenters. The van der Waals surface area contributed by atoms with E-state index in [0.29, 0.717) is 22.8 Å². The highest BCUT2D eigenvalue weighted by molar-refractivity contribution is 7.80. The Morgan fingerprint density at radius 1 is 0.952 bits per heavy atom. The van der Waals surface area contributed by atoms with Crippen LogP contribution in [0.5, 0.6) is 0 Å². The number of thiocarbonyl (C=S) groups is 1. The molecule has 0 amide bonds. The second kappa shape index (κ2) is 5.89. The van der Waals surface area contributed by atoms with Crippen molar-refractivity contribution in [3.05, 3.63) is 77.4 Å². The first-order valence-electron chi connectivity index (χ1n) is 6.69. The number of hydrogen-bond acceptors (Lipinski definition) is 2. The molecule has 4 heteroatoms. The summed E-state index contributed by atoms with van der Waals surface area (Å²) in [6, 6.07) is 19.0. The molecule has 0 fully saturated rings. The van der Waals surface area contributed by atoms with E-state index in [1.165, 1.54) is 0 Å². The third kappa shape index (κ3) is 2.85. The third-order valence-electron chi connectivity index (χ3n) is 3.34. The maximum atomic E-state index is 12.7. The number of benzene rings is 2. The first kappa shape index (κ1) is 13.5.